The van der Waals surface area contributed by atoms with Gasteiger partial charge >= 0.3 is 0 Å². The fraction of sp³-hybridized carbons (Fsp3) is 0. The number of para-hydroxylation sites is 1. The lowest BCUT2D eigenvalue weighted by molar-refractivity contribution is 0.601. The van der Waals surface area contributed by atoms with Gasteiger partial charge in [0.25, 0.3) is 0 Å². The fourth-order valence-corrected chi connectivity index (χ4v) is 2.25. The molecule has 1 heterocycles. The molecule has 0 radical (unpaired) electrons. The summed E-state index contributed by atoms with van der Waals surface area (Å²) in [6.07, 6.45) is 0. The normalized spacial score (nSPS) is 10.8. The molecule has 0 spiro atoms. The molecule has 94 valence electrons. The lowest BCUT2D eigenvalue weighted by Crippen LogP contribution is -1.83. The molecule has 0 fully saturated rings. The maximum Gasteiger partial charge on any atom is 0.135 e. The summed E-state index contributed by atoms with van der Waals surface area (Å²) < 4.78 is 5.78. The van der Waals surface area contributed by atoms with Crippen molar-refractivity contribution in [3.8, 4) is 0 Å². The van der Waals surface area contributed by atoms with E-state index in [1.807, 2.05) is 36.4 Å². The molecule has 3 rings (SSSR count). The summed E-state index contributed by atoms with van der Waals surface area (Å²) in [5.74, 6) is 0.736. The molecular formula is C16H10Cl2O. The molecule has 1 aromatic heterocycles. The van der Waals surface area contributed by atoms with Crippen molar-refractivity contribution in [1.29, 1.82) is 0 Å². The standard InChI is InChI=1S/C16H10Cl2O/c1-10(11-6-7-13(17)14(18)8-11)16-9-12-4-2-3-5-15(12)19-16/h2-9H,1H2. The third kappa shape index (κ3) is 2.27. The van der Waals surface area contributed by atoms with Crippen molar-refractivity contribution in [1.82, 2.24) is 0 Å². The van der Waals surface area contributed by atoms with Crippen LogP contribution in [0.5, 0.6) is 0 Å². The minimum atomic E-state index is 0.511. The monoisotopic (exact) mass is 288 g/mol. The van der Waals surface area contributed by atoms with Gasteiger partial charge in [-0.1, -0.05) is 54.0 Å². The molecule has 0 aliphatic heterocycles. The average molecular weight is 289 g/mol. The van der Waals surface area contributed by atoms with E-state index in [-0.39, 0.29) is 0 Å². The van der Waals surface area contributed by atoms with Gasteiger partial charge in [-0.25, -0.2) is 0 Å². The van der Waals surface area contributed by atoms with Crippen molar-refractivity contribution < 1.29 is 4.42 Å². The molecule has 0 unspecified atom stereocenters. The second-order valence-corrected chi connectivity index (χ2v) is 5.07. The average Bonchev–Trinajstić information content (AvgIpc) is 2.85. The minimum absolute atomic E-state index is 0.511. The molecule has 2 aromatic carbocycles. The molecule has 0 aliphatic rings. The van der Waals surface area contributed by atoms with Gasteiger partial charge in [0.1, 0.15) is 11.3 Å². The fourth-order valence-electron chi connectivity index (χ4n) is 1.96. The maximum atomic E-state index is 6.02. The quantitative estimate of drug-likeness (QED) is 0.581. The zero-order valence-corrected chi connectivity index (χ0v) is 11.5. The van der Waals surface area contributed by atoms with Crippen molar-refractivity contribution in [3.05, 3.63) is 76.5 Å². The van der Waals surface area contributed by atoms with E-state index in [0.717, 1.165) is 27.9 Å². The van der Waals surface area contributed by atoms with Gasteiger partial charge in [-0.2, -0.15) is 0 Å². The highest BCUT2D eigenvalue weighted by Gasteiger charge is 2.10. The molecule has 19 heavy (non-hydrogen) atoms. The van der Waals surface area contributed by atoms with Gasteiger partial charge in [-0.05, 0) is 29.8 Å². The third-order valence-corrected chi connectivity index (χ3v) is 3.73. The van der Waals surface area contributed by atoms with Crippen LogP contribution in [0.1, 0.15) is 11.3 Å². The van der Waals surface area contributed by atoms with E-state index in [9.17, 15) is 0 Å². The molecule has 1 nitrogen and oxygen atoms in total. The van der Waals surface area contributed by atoms with Gasteiger partial charge in [-0.15, -0.1) is 0 Å². The Hall–Kier alpha value is -1.70. The molecular weight excluding hydrogens is 279 g/mol. The summed E-state index contributed by atoms with van der Waals surface area (Å²) in [5, 5.41) is 2.10. The zero-order chi connectivity index (χ0) is 13.4. The Kier molecular flexibility index (Phi) is 3.09. The van der Waals surface area contributed by atoms with E-state index >= 15 is 0 Å². The van der Waals surface area contributed by atoms with Gasteiger partial charge in [-0.3, -0.25) is 0 Å². The van der Waals surface area contributed by atoms with E-state index in [1.165, 1.54) is 0 Å². The lowest BCUT2D eigenvalue weighted by atomic mass is 10.1. The SMILES string of the molecule is C=C(c1ccc(Cl)c(Cl)c1)c1cc2ccccc2o1. The Morgan fingerprint density at radius 3 is 2.47 bits per heavy atom. The van der Waals surface area contributed by atoms with Crippen LogP contribution in [0.4, 0.5) is 0 Å². The zero-order valence-electron chi connectivity index (χ0n) is 9.99. The molecule has 0 N–H and O–H groups in total. The van der Waals surface area contributed by atoms with Crippen molar-refractivity contribution in [2.24, 2.45) is 0 Å². The number of hydrogen-bond acceptors (Lipinski definition) is 1. The molecule has 3 heteroatoms. The van der Waals surface area contributed by atoms with Gasteiger partial charge in [0.05, 0.1) is 10.0 Å². The summed E-state index contributed by atoms with van der Waals surface area (Å²) in [7, 11) is 0. The first-order valence-electron chi connectivity index (χ1n) is 5.78. The molecule has 0 atom stereocenters. The highest BCUT2D eigenvalue weighted by atomic mass is 35.5. The van der Waals surface area contributed by atoms with Crippen LogP contribution < -0.4 is 0 Å². The summed E-state index contributed by atoms with van der Waals surface area (Å²) >= 11 is 11.9. The summed E-state index contributed by atoms with van der Waals surface area (Å²) in [6, 6.07) is 15.3. The van der Waals surface area contributed by atoms with Crippen LogP contribution in [0.2, 0.25) is 10.0 Å². The van der Waals surface area contributed by atoms with Crippen molar-refractivity contribution in [2.75, 3.05) is 0 Å². The molecule has 0 aliphatic carbocycles. The Morgan fingerprint density at radius 2 is 1.74 bits per heavy atom. The van der Waals surface area contributed by atoms with Crippen molar-refractivity contribution >= 4 is 39.7 Å². The van der Waals surface area contributed by atoms with E-state index < -0.39 is 0 Å². The topological polar surface area (TPSA) is 13.1 Å². The minimum Gasteiger partial charge on any atom is -0.456 e. The second-order valence-electron chi connectivity index (χ2n) is 4.26. The van der Waals surface area contributed by atoms with Crippen LogP contribution in [0, 0.1) is 0 Å². The van der Waals surface area contributed by atoms with Gasteiger partial charge < -0.3 is 4.42 Å². The predicted molar refractivity (Wildman–Crippen MR) is 80.8 cm³/mol. The number of benzene rings is 2. The van der Waals surface area contributed by atoms with E-state index in [0.29, 0.717) is 10.0 Å². The van der Waals surface area contributed by atoms with Crippen LogP contribution in [0.25, 0.3) is 16.5 Å². The Morgan fingerprint density at radius 1 is 0.947 bits per heavy atom. The first kappa shape index (κ1) is 12.3. The summed E-state index contributed by atoms with van der Waals surface area (Å²) in [5.41, 5.74) is 2.53. The number of fused-ring (bicyclic) bond motifs is 1. The Balaban J connectivity index is 2.05. The van der Waals surface area contributed by atoms with Crippen molar-refractivity contribution in [3.63, 3.8) is 0 Å². The maximum absolute atomic E-state index is 6.02. The van der Waals surface area contributed by atoms with Crippen molar-refractivity contribution in [2.45, 2.75) is 0 Å². The van der Waals surface area contributed by atoms with Gasteiger partial charge in [0.2, 0.25) is 0 Å². The number of hydrogen-bond donors (Lipinski definition) is 0. The summed E-state index contributed by atoms with van der Waals surface area (Å²) in [4.78, 5) is 0. The molecule has 0 bridgehead atoms. The lowest BCUT2D eigenvalue weighted by Gasteiger charge is -2.04. The highest BCUT2D eigenvalue weighted by molar-refractivity contribution is 6.42. The Bertz CT molecular complexity index is 738. The largest absolute Gasteiger partial charge is 0.456 e. The molecule has 0 saturated heterocycles. The molecule has 0 amide bonds. The third-order valence-electron chi connectivity index (χ3n) is 2.99. The second kappa shape index (κ2) is 4.76. The van der Waals surface area contributed by atoms with Gasteiger partial charge in [0.15, 0.2) is 0 Å². The smallest absolute Gasteiger partial charge is 0.135 e. The Labute approximate surface area is 121 Å². The van der Waals surface area contributed by atoms with Crippen LogP contribution in [0.3, 0.4) is 0 Å². The molecule has 3 aromatic rings. The number of halogens is 2. The van der Waals surface area contributed by atoms with Crippen LogP contribution in [-0.4, -0.2) is 0 Å². The van der Waals surface area contributed by atoms with E-state index in [1.54, 1.807) is 12.1 Å². The number of furan rings is 1. The van der Waals surface area contributed by atoms with E-state index in [2.05, 4.69) is 6.58 Å². The van der Waals surface area contributed by atoms with Crippen LogP contribution in [0.15, 0.2) is 59.5 Å². The predicted octanol–water partition coefficient (Wildman–Crippen LogP) is 5.80. The van der Waals surface area contributed by atoms with Gasteiger partial charge in [0, 0.05) is 11.0 Å². The highest BCUT2D eigenvalue weighted by Crippen LogP contribution is 2.31. The summed E-state index contributed by atoms with van der Waals surface area (Å²) in [6.45, 7) is 4.07. The number of rotatable bonds is 2. The first-order chi connectivity index (χ1) is 9.15. The molecule has 0 saturated carbocycles. The first-order valence-corrected chi connectivity index (χ1v) is 6.54. The van der Waals surface area contributed by atoms with E-state index in [4.69, 9.17) is 27.6 Å². The van der Waals surface area contributed by atoms with Crippen LogP contribution in [-0.2, 0) is 0 Å². The van der Waals surface area contributed by atoms with Crippen LogP contribution >= 0.6 is 23.2 Å².